The molecule has 0 saturated heterocycles. The lowest BCUT2D eigenvalue weighted by molar-refractivity contribution is -0.118. The molecule has 0 radical (unpaired) electrons. The molecule has 0 aliphatic rings. The molecule has 0 aliphatic heterocycles. The second-order valence-corrected chi connectivity index (χ2v) is 5.76. The zero-order valence-electron chi connectivity index (χ0n) is 13.3. The largest absolute Gasteiger partial charge is 0.478 e. The van der Waals surface area contributed by atoms with E-state index in [1.807, 2.05) is 56.3 Å². The van der Waals surface area contributed by atoms with Gasteiger partial charge in [0.2, 0.25) is 0 Å². The van der Waals surface area contributed by atoms with Crippen LogP contribution < -0.4 is 4.74 Å². The lowest BCUT2D eigenvalue weighted by Gasteiger charge is -2.21. The van der Waals surface area contributed by atoms with Crippen molar-refractivity contribution in [1.29, 1.82) is 0 Å². The summed E-state index contributed by atoms with van der Waals surface area (Å²) in [6.07, 6.45) is 0.778. The lowest BCUT2D eigenvalue weighted by atomic mass is 10.1. The van der Waals surface area contributed by atoms with Crippen molar-refractivity contribution in [1.82, 2.24) is 0 Å². The van der Waals surface area contributed by atoms with Gasteiger partial charge in [-0.05, 0) is 63.1 Å². The number of azo groups is 1. The summed E-state index contributed by atoms with van der Waals surface area (Å²) in [6.45, 7) is 7.43. The van der Waals surface area contributed by atoms with Crippen LogP contribution in [0.1, 0.15) is 25.0 Å². The molecule has 2 aromatic carbocycles. The van der Waals surface area contributed by atoms with Gasteiger partial charge in [0.15, 0.2) is 11.9 Å². The van der Waals surface area contributed by atoms with Crippen LogP contribution in [0.15, 0.2) is 52.7 Å². The fraction of sp³-hybridized carbons (Fsp3) is 0.278. The first kappa shape index (κ1) is 15.9. The molecule has 2 rings (SSSR count). The molecule has 0 heterocycles. The van der Waals surface area contributed by atoms with Gasteiger partial charge in [-0.25, -0.2) is 0 Å². The van der Waals surface area contributed by atoms with Crippen LogP contribution in [0.5, 0.6) is 5.75 Å². The maximum Gasteiger partial charge on any atom is 0.162 e. The molecule has 0 aromatic heterocycles. The average molecular weight is 296 g/mol. The summed E-state index contributed by atoms with van der Waals surface area (Å²) in [5.41, 5.74) is 2.65. The lowest BCUT2D eigenvalue weighted by Crippen LogP contribution is -2.29. The quantitative estimate of drug-likeness (QED) is 0.571. The molecule has 22 heavy (non-hydrogen) atoms. The smallest absolute Gasteiger partial charge is 0.162 e. The highest BCUT2D eigenvalue weighted by molar-refractivity contribution is 5.64. The van der Waals surface area contributed by atoms with Gasteiger partial charge in [0.25, 0.3) is 0 Å². The predicted molar refractivity (Wildman–Crippen MR) is 87.3 cm³/mol. The van der Waals surface area contributed by atoms with Gasteiger partial charge in [-0.2, -0.15) is 5.11 Å². The number of hydrogen-bond acceptors (Lipinski definition) is 4. The fourth-order valence-corrected chi connectivity index (χ4v) is 1.85. The number of ether oxygens (including phenoxy) is 1. The van der Waals surface area contributed by atoms with Crippen LogP contribution in [0.2, 0.25) is 0 Å². The molecule has 0 atom stereocenters. The number of nitrogens with zero attached hydrogens (tertiary/aromatic N) is 2. The molecule has 0 amide bonds. The summed E-state index contributed by atoms with van der Waals surface area (Å²) in [5.74, 6) is 0.555. The topological polar surface area (TPSA) is 51.0 Å². The maximum atomic E-state index is 11.1. The highest BCUT2D eigenvalue weighted by Gasteiger charge is 2.20. The second kappa shape index (κ2) is 6.52. The summed E-state index contributed by atoms with van der Waals surface area (Å²) in [4.78, 5) is 11.1. The number of hydrogen-bond donors (Lipinski definition) is 0. The van der Waals surface area contributed by atoms with Crippen molar-refractivity contribution in [3.05, 3.63) is 53.6 Å². The SMILES string of the molecule is Cc1cc(N=Nc2ccccc2)c(OC(C)(C)C=O)cc1C. The number of benzene rings is 2. The van der Waals surface area contributed by atoms with Gasteiger partial charge >= 0.3 is 0 Å². The Labute approximate surface area is 130 Å². The maximum absolute atomic E-state index is 11.1. The molecule has 0 saturated carbocycles. The first-order valence-electron chi connectivity index (χ1n) is 7.15. The highest BCUT2D eigenvalue weighted by atomic mass is 16.5. The molecule has 2 aromatic rings. The van der Waals surface area contributed by atoms with Crippen LogP contribution in [-0.2, 0) is 4.79 Å². The molecule has 0 unspecified atom stereocenters. The first-order chi connectivity index (χ1) is 10.4. The average Bonchev–Trinajstić information content (AvgIpc) is 2.50. The van der Waals surface area contributed by atoms with Crippen LogP contribution in [0.4, 0.5) is 11.4 Å². The van der Waals surface area contributed by atoms with Crippen molar-refractivity contribution >= 4 is 17.7 Å². The van der Waals surface area contributed by atoms with Gasteiger partial charge in [-0.3, -0.25) is 4.79 Å². The van der Waals surface area contributed by atoms with E-state index < -0.39 is 5.60 Å². The second-order valence-electron chi connectivity index (χ2n) is 5.76. The summed E-state index contributed by atoms with van der Waals surface area (Å²) in [7, 11) is 0. The van der Waals surface area contributed by atoms with Crippen molar-refractivity contribution in [3.63, 3.8) is 0 Å². The van der Waals surface area contributed by atoms with Gasteiger partial charge in [-0.1, -0.05) is 18.2 Å². The molecule has 4 nitrogen and oxygen atoms in total. The van der Waals surface area contributed by atoms with Gasteiger partial charge in [0.1, 0.15) is 11.4 Å². The van der Waals surface area contributed by atoms with Crippen molar-refractivity contribution in [3.8, 4) is 5.75 Å². The van der Waals surface area contributed by atoms with Crippen molar-refractivity contribution < 1.29 is 9.53 Å². The first-order valence-corrected chi connectivity index (χ1v) is 7.15. The van der Waals surface area contributed by atoms with Crippen LogP contribution in [0.25, 0.3) is 0 Å². The van der Waals surface area contributed by atoms with E-state index in [1.165, 1.54) is 0 Å². The normalized spacial score (nSPS) is 11.6. The van der Waals surface area contributed by atoms with Crippen molar-refractivity contribution in [2.24, 2.45) is 10.2 Å². The highest BCUT2D eigenvalue weighted by Crippen LogP contribution is 2.34. The summed E-state index contributed by atoms with van der Waals surface area (Å²) < 4.78 is 5.78. The number of carbonyl (C=O) groups is 1. The van der Waals surface area contributed by atoms with Crippen LogP contribution in [0, 0.1) is 13.8 Å². The number of aryl methyl sites for hydroxylation is 2. The van der Waals surface area contributed by atoms with E-state index >= 15 is 0 Å². The van der Waals surface area contributed by atoms with E-state index in [0.29, 0.717) is 11.4 Å². The molecule has 0 bridgehead atoms. The van der Waals surface area contributed by atoms with Crippen LogP contribution >= 0.6 is 0 Å². The zero-order valence-corrected chi connectivity index (χ0v) is 13.3. The van der Waals surface area contributed by atoms with Gasteiger partial charge in [0, 0.05) is 0 Å². The van der Waals surface area contributed by atoms with E-state index in [1.54, 1.807) is 13.8 Å². The van der Waals surface area contributed by atoms with Crippen LogP contribution in [-0.4, -0.2) is 11.9 Å². The molecule has 0 N–H and O–H groups in total. The van der Waals surface area contributed by atoms with Crippen molar-refractivity contribution in [2.45, 2.75) is 33.3 Å². The minimum atomic E-state index is -0.904. The Morgan fingerprint density at radius 3 is 2.27 bits per heavy atom. The standard InChI is InChI=1S/C18H20N2O2/c1-13-10-16(20-19-15-8-6-5-7-9-15)17(11-14(13)2)22-18(3,4)12-21/h5-12H,1-4H3. The Bertz CT molecular complexity index is 692. The zero-order chi connectivity index (χ0) is 16.2. The molecule has 114 valence electrons. The summed E-state index contributed by atoms with van der Waals surface area (Å²) in [5, 5.41) is 8.50. The number of carbonyl (C=O) groups excluding carboxylic acids is 1. The Morgan fingerprint density at radius 1 is 1.00 bits per heavy atom. The molecule has 0 aliphatic carbocycles. The Hall–Kier alpha value is -2.49. The monoisotopic (exact) mass is 296 g/mol. The third kappa shape index (κ3) is 4.01. The van der Waals surface area contributed by atoms with Gasteiger partial charge in [0.05, 0.1) is 5.69 Å². The van der Waals surface area contributed by atoms with E-state index in [-0.39, 0.29) is 0 Å². The minimum absolute atomic E-state index is 0.555. The van der Waals surface area contributed by atoms with Gasteiger partial charge < -0.3 is 4.74 Å². The van der Waals surface area contributed by atoms with Crippen LogP contribution in [0.3, 0.4) is 0 Å². The third-order valence-electron chi connectivity index (χ3n) is 3.26. The molecular weight excluding hydrogens is 276 g/mol. The Balaban J connectivity index is 2.39. The van der Waals surface area contributed by atoms with E-state index in [4.69, 9.17) is 4.74 Å². The molecular formula is C18H20N2O2. The summed E-state index contributed by atoms with van der Waals surface area (Å²) >= 11 is 0. The summed E-state index contributed by atoms with van der Waals surface area (Å²) in [6, 6.07) is 13.3. The van der Waals surface area contributed by atoms with E-state index in [2.05, 4.69) is 10.2 Å². The molecule has 0 spiro atoms. The Morgan fingerprint density at radius 2 is 1.64 bits per heavy atom. The van der Waals surface area contributed by atoms with Crippen molar-refractivity contribution in [2.75, 3.05) is 0 Å². The predicted octanol–water partition coefficient (Wildman–Crippen LogP) is 5.08. The number of aldehydes is 1. The molecule has 0 fully saturated rings. The number of rotatable bonds is 5. The van der Waals surface area contributed by atoms with E-state index in [0.717, 1.165) is 23.1 Å². The molecule has 4 heteroatoms. The minimum Gasteiger partial charge on any atom is -0.478 e. The van der Waals surface area contributed by atoms with E-state index in [9.17, 15) is 4.79 Å². The third-order valence-corrected chi connectivity index (χ3v) is 3.26. The van der Waals surface area contributed by atoms with Gasteiger partial charge in [-0.15, -0.1) is 5.11 Å². The Kier molecular flexibility index (Phi) is 4.71. The fourth-order valence-electron chi connectivity index (χ4n) is 1.85.